The van der Waals surface area contributed by atoms with Crippen molar-refractivity contribution in [1.29, 1.82) is 0 Å². The summed E-state index contributed by atoms with van der Waals surface area (Å²) in [5, 5.41) is 16.6. The number of carbonyl (C=O) groups is 1. The van der Waals surface area contributed by atoms with Crippen molar-refractivity contribution in [1.82, 2.24) is 0 Å². The Balaban J connectivity index is 1.90. The van der Waals surface area contributed by atoms with Crippen LogP contribution in [0.15, 0.2) is 78.9 Å². The van der Waals surface area contributed by atoms with Crippen molar-refractivity contribution in [3.63, 3.8) is 0 Å². The van der Waals surface area contributed by atoms with Crippen LogP contribution in [-0.2, 0) is 0 Å². The first-order valence-electron chi connectivity index (χ1n) is 8.23. The van der Waals surface area contributed by atoms with Crippen molar-refractivity contribution in [2.45, 2.75) is 0 Å². The molecule has 0 amide bonds. The average molecular weight is 322 g/mol. The maximum Gasteiger partial charge on any atom is 0.335 e. The van der Waals surface area contributed by atoms with Crippen LogP contribution in [0.4, 0.5) is 0 Å². The van der Waals surface area contributed by atoms with Crippen LogP contribution < -0.4 is 0 Å². The maximum absolute atomic E-state index is 11.1. The first-order chi connectivity index (χ1) is 12.2. The van der Waals surface area contributed by atoms with Crippen LogP contribution in [0.25, 0.3) is 43.4 Å². The van der Waals surface area contributed by atoms with E-state index in [9.17, 15) is 4.79 Å². The van der Waals surface area contributed by atoms with Gasteiger partial charge in [0.15, 0.2) is 0 Å². The van der Waals surface area contributed by atoms with E-state index in [0.717, 1.165) is 11.1 Å². The van der Waals surface area contributed by atoms with Crippen LogP contribution in [0.5, 0.6) is 0 Å². The van der Waals surface area contributed by atoms with Gasteiger partial charge in [-0.15, -0.1) is 0 Å². The van der Waals surface area contributed by atoms with Gasteiger partial charge in [0.05, 0.1) is 5.56 Å². The number of hydrogen-bond acceptors (Lipinski definition) is 1. The molecule has 0 heterocycles. The summed E-state index contributed by atoms with van der Waals surface area (Å²) in [6, 6.07) is 26.4. The van der Waals surface area contributed by atoms with Crippen LogP contribution in [0.3, 0.4) is 0 Å². The largest absolute Gasteiger partial charge is 0.478 e. The molecule has 2 nitrogen and oxygen atoms in total. The molecule has 0 aliphatic rings. The van der Waals surface area contributed by atoms with E-state index in [2.05, 4.69) is 54.6 Å². The molecule has 5 aromatic rings. The van der Waals surface area contributed by atoms with Gasteiger partial charge in [-0.2, -0.15) is 0 Å². The third-order valence-corrected chi connectivity index (χ3v) is 4.95. The topological polar surface area (TPSA) is 37.3 Å². The molecule has 2 heteroatoms. The Kier molecular flexibility index (Phi) is 2.83. The quantitative estimate of drug-likeness (QED) is 0.408. The van der Waals surface area contributed by atoms with Gasteiger partial charge in [0.1, 0.15) is 0 Å². The number of hydrogen-bond donors (Lipinski definition) is 1. The third-order valence-electron chi connectivity index (χ3n) is 4.95. The van der Waals surface area contributed by atoms with E-state index < -0.39 is 5.97 Å². The minimum absolute atomic E-state index is 0.306. The summed E-state index contributed by atoms with van der Waals surface area (Å²) in [7, 11) is 0. The van der Waals surface area contributed by atoms with Gasteiger partial charge in [-0.1, -0.05) is 60.7 Å². The fourth-order valence-corrected chi connectivity index (χ4v) is 3.79. The molecule has 0 aliphatic carbocycles. The van der Waals surface area contributed by atoms with Crippen LogP contribution in [0, 0.1) is 0 Å². The van der Waals surface area contributed by atoms with Crippen LogP contribution in [0.2, 0.25) is 0 Å². The highest BCUT2D eigenvalue weighted by Gasteiger charge is 2.13. The lowest BCUT2D eigenvalue weighted by molar-refractivity contribution is 0.0697. The molecule has 5 aromatic carbocycles. The zero-order valence-electron chi connectivity index (χ0n) is 13.4. The second-order valence-corrected chi connectivity index (χ2v) is 6.36. The molecular weight excluding hydrogens is 308 g/mol. The molecule has 0 unspecified atom stereocenters. The van der Waals surface area contributed by atoms with E-state index in [4.69, 9.17) is 5.11 Å². The summed E-state index contributed by atoms with van der Waals surface area (Å²) in [6.07, 6.45) is 0. The second kappa shape index (κ2) is 5.05. The number of aromatic carboxylic acids is 1. The second-order valence-electron chi connectivity index (χ2n) is 6.36. The first-order valence-corrected chi connectivity index (χ1v) is 8.23. The van der Waals surface area contributed by atoms with Crippen molar-refractivity contribution in [3.8, 4) is 11.1 Å². The normalized spacial score (nSPS) is 11.5. The monoisotopic (exact) mass is 322 g/mol. The van der Waals surface area contributed by atoms with E-state index in [1.807, 2.05) is 12.1 Å². The number of benzene rings is 5. The molecule has 0 spiro atoms. The van der Waals surface area contributed by atoms with Gasteiger partial charge in [-0.25, -0.2) is 4.79 Å². The highest BCUT2D eigenvalue weighted by molar-refractivity contribution is 6.26. The molecule has 1 N–H and O–H groups in total. The SMILES string of the molecule is O=C(O)c1ccc(-c2cc3cccc4ccc5cccc2c5c43)cc1. The van der Waals surface area contributed by atoms with Gasteiger partial charge in [0, 0.05) is 0 Å². The summed E-state index contributed by atoms with van der Waals surface area (Å²) in [6.45, 7) is 0. The lowest BCUT2D eigenvalue weighted by atomic mass is 9.89. The van der Waals surface area contributed by atoms with Crippen LogP contribution >= 0.6 is 0 Å². The average Bonchev–Trinajstić information content (AvgIpc) is 2.66. The van der Waals surface area contributed by atoms with Crippen molar-refractivity contribution in [2.75, 3.05) is 0 Å². The molecule has 0 radical (unpaired) electrons. The first kappa shape index (κ1) is 14.0. The van der Waals surface area contributed by atoms with Crippen molar-refractivity contribution < 1.29 is 9.90 Å². The summed E-state index contributed by atoms with van der Waals surface area (Å²) in [5.74, 6) is -0.901. The molecule has 0 aromatic heterocycles. The summed E-state index contributed by atoms with van der Waals surface area (Å²) >= 11 is 0. The number of rotatable bonds is 2. The molecule has 118 valence electrons. The summed E-state index contributed by atoms with van der Waals surface area (Å²) < 4.78 is 0. The number of carboxylic acid groups (broad SMARTS) is 1. The highest BCUT2D eigenvalue weighted by Crippen LogP contribution is 2.40. The predicted molar refractivity (Wildman–Crippen MR) is 103 cm³/mol. The Hall–Kier alpha value is -3.39. The maximum atomic E-state index is 11.1. The lowest BCUT2D eigenvalue weighted by Crippen LogP contribution is -1.95. The molecule has 0 fully saturated rings. The van der Waals surface area contributed by atoms with E-state index >= 15 is 0 Å². The van der Waals surface area contributed by atoms with E-state index in [-0.39, 0.29) is 0 Å². The van der Waals surface area contributed by atoms with Gasteiger partial charge in [-0.05, 0) is 61.6 Å². The molecule has 0 aliphatic heterocycles. The summed E-state index contributed by atoms with van der Waals surface area (Å²) in [4.78, 5) is 11.1. The minimum atomic E-state index is -0.901. The molecular formula is C23H14O2. The van der Waals surface area contributed by atoms with Crippen molar-refractivity contribution in [3.05, 3.63) is 84.4 Å². The molecule has 5 rings (SSSR count). The van der Waals surface area contributed by atoms with E-state index in [0.29, 0.717) is 5.56 Å². The number of carboxylic acids is 1. The fraction of sp³-hybridized carbons (Fsp3) is 0. The highest BCUT2D eigenvalue weighted by atomic mass is 16.4. The molecule has 0 atom stereocenters. The van der Waals surface area contributed by atoms with Gasteiger partial charge in [0.2, 0.25) is 0 Å². The van der Waals surface area contributed by atoms with E-state index in [1.165, 1.54) is 32.3 Å². The van der Waals surface area contributed by atoms with Crippen molar-refractivity contribution in [2.24, 2.45) is 0 Å². The Labute approximate surface area is 144 Å². The fourth-order valence-electron chi connectivity index (χ4n) is 3.79. The zero-order valence-corrected chi connectivity index (χ0v) is 13.4. The van der Waals surface area contributed by atoms with Crippen LogP contribution in [-0.4, -0.2) is 11.1 Å². The van der Waals surface area contributed by atoms with Gasteiger partial charge in [0.25, 0.3) is 0 Å². The molecule has 25 heavy (non-hydrogen) atoms. The predicted octanol–water partition coefficient (Wildman–Crippen LogP) is 5.95. The van der Waals surface area contributed by atoms with Crippen molar-refractivity contribution >= 4 is 38.3 Å². The zero-order chi connectivity index (χ0) is 17.0. The van der Waals surface area contributed by atoms with Gasteiger partial charge >= 0.3 is 5.97 Å². The standard InChI is InChI=1S/C23H14O2/c24-23(25)17-11-7-14(8-12-17)20-13-18-5-1-3-15-9-10-16-4-2-6-19(20)22(16)21(15)18/h1-13H,(H,24,25). The van der Waals surface area contributed by atoms with E-state index in [1.54, 1.807) is 12.1 Å². The minimum Gasteiger partial charge on any atom is -0.478 e. The Morgan fingerprint density at radius 2 is 1.32 bits per heavy atom. The third kappa shape index (κ3) is 2.01. The molecule has 0 bridgehead atoms. The van der Waals surface area contributed by atoms with Gasteiger partial charge < -0.3 is 5.11 Å². The molecule has 0 saturated carbocycles. The smallest absolute Gasteiger partial charge is 0.335 e. The Bertz CT molecular complexity index is 1250. The Morgan fingerprint density at radius 1 is 0.680 bits per heavy atom. The molecule has 0 saturated heterocycles. The summed E-state index contributed by atoms with van der Waals surface area (Å²) in [5.41, 5.74) is 2.47. The lowest BCUT2D eigenvalue weighted by Gasteiger charge is -2.15. The Morgan fingerprint density at radius 3 is 2.04 bits per heavy atom. The van der Waals surface area contributed by atoms with Gasteiger partial charge in [-0.3, -0.25) is 0 Å². The van der Waals surface area contributed by atoms with Crippen LogP contribution in [0.1, 0.15) is 10.4 Å².